The minimum atomic E-state index is -3.60. The molecule has 1 atom stereocenters. The second-order valence-corrected chi connectivity index (χ2v) is 10.1. The summed E-state index contributed by atoms with van der Waals surface area (Å²) in [6.07, 6.45) is 6.89. The summed E-state index contributed by atoms with van der Waals surface area (Å²) in [5.41, 5.74) is 1.35. The smallest absolute Gasteiger partial charge is 0.243 e. The highest BCUT2D eigenvalue weighted by Crippen LogP contribution is 2.35. The van der Waals surface area contributed by atoms with Crippen molar-refractivity contribution in [3.05, 3.63) is 23.8 Å². The maximum absolute atomic E-state index is 13.1. The molecule has 2 amide bonds. The fraction of sp³-hybridized carbons (Fsp3) is 0.636. The predicted octanol–water partition coefficient (Wildman–Crippen LogP) is 2.83. The van der Waals surface area contributed by atoms with Crippen molar-refractivity contribution >= 4 is 27.5 Å². The Morgan fingerprint density at radius 2 is 1.73 bits per heavy atom. The fourth-order valence-corrected chi connectivity index (χ4v) is 6.13. The quantitative estimate of drug-likeness (QED) is 0.696. The van der Waals surface area contributed by atoms with Crippen LogP contribution in [0.2, 0.25) is 0 Å². The number of hydrogen-bond acceptors (Lipinski definition) is 4. The molecule has 7 nitrogen and oxygen atoms in total. The van der Waals surface area contributed by atoms with E-state index in [4.69, 9.17) is 0 Å². The van der Waals surface area contributed by atoms with Gasteiger partial charge in [0.25, 0.3) is 0 Å². The van der Waals surface area contributed by atoms with Gasteiger partial charge in [-0.15, -0.1) is 0 Å². The third kappa shape index (κ3) is 4.54. The summed E-state index contributed by atoms with van der Waals surface area (Å²) in [6.45, 7) is 5.84. The van der Waals surface area contributed by atoms with E-state index in [0.29, 0.717) is 25.2 Å². The van der Waals surface area contributed by atoms with Crippen LogP contribution in [-0.4, -0.2) is 49.7 Å². The van der Waals surface area contributed by atoms with Gasteiger partial charge in [-0.25, -0.2) is 8.42 Å². The van der Waals surface area contributed by atoms with E-state index in [9.17, 15) is 18.0 Å². The lowest BCUT2D eigenvalue weighted by atomic mass is 10.1. The molecule has 0 unspecified atom stereocenters. The Labute approximate surface area is 179 Å². The lowest BCUT2D eigenvalue weighted by Gasteiger charge is -2.26. The average Bonchev–Trinajstić information content (AvgIpc) is 2.91. The van der Waals surface area contributed by atoms with Crippen LogP contribution in [0, 0.1) is 0 Å². The van der Waals surface area contributed by atoms with Gasteiger partial charge in [0.2, 0.25) is 21.8 Å². The van der Waals surface area contributed by atoms with Gasteiger partial charge < -0.3 is 5.32 Å². The topological polar surface area (TPSA) is 86.8 Å². The van der Waals surface area contributed by atoms with Crippen LogP contribution in [0.3, 0.4) is 0 Å². The Bertz CT molecular complexity index is 888. The number of fused-ring (bicyclic) bond motifs is 1. The van der Waals surface area contributed by atoms with Crippen molar-refractivity contribution in [1.82, 2.24) is 9.62 Å². The van der Waals surface area contributed by atoms with E-state index in [2.05, 4.69) is 5.32 Å². The molecule has 166 valence electrons. The monoisotopic (exact) mass is 435 g/mol. The Hall–Kier alpha value is -1.93. The number of benzene rings is 1. The predicted molar refractivity (Wildman–Crippen MR) is 117 cm³/mol. The molecule has 1 fully saturated rings. The fourth-order valence-electron chi connectivity index (χ4n) is 4.62. The maximum atomic E-state index is 13.1. The van der Waals surface area contributed by atoms with Gasteiger partial charge in [-0.05, 0) is 36.6 Å². The average molecular weight is 436 g/mol. The second kappa shape index (κ2) is 9.47. The zero-order chi connectivity index (χ0) is 21.9. The summed E-state index contributed by atoms with van der Waals surface area (Å²) >= 11 is 0. The van der Waals surface area contributed by atoms with Crippen LogP contribution in [-0.2, 0) is 26.0 Å². The first-order valence-electron chi connectivity index (χ1n) is 11.0. The van der Waals surface area contributed by atoms with Crippen LogP contribution in [0.1, 0.15) is 64.9 Å². The van der Waals surface area contributed by atoms with E-state index in [1.54, 1.807) is 26.0 Å². The highest BCUT2D eigenvalue weighted by atomic mass is 32.2. The molecule has 0 spiro atoms. The molecule has 3 rings (SSSR count). The SMILES string of the molecule is CCN(CC)S(=O)(=O)c1ccc2c(c1)C[C@@H](C(=O)NC1CCCCCC1)N2C(C)=O. The zero-order valence-corrected chi connectivity index (χ0v) is 19.0. The van der Waals surface area contributed by atoms with Gasteiger partial charge in [0, 0.05) is 38.2 Å². The number of carbonyl (C=O) groups is 2. The lowest BCUT2D eigenvalue weighted by molar-refractivity contribution is -0.126. The van der Waals surface area contributed by atoms with Gasteiger partial charge in [-0.3, -0.25) is 14.5 Å². The molecule has 1 heterocycles. The molecule has 8 heteroatoms. The van der Waals surface area contributed by atoms with Crippen molar-refractivity contribution in [3.8, 4) is 0 Å². The highest BCUT2D eigenvalue weighted by Gasteiger charge is 2.38. The van der Waals surface area contributed by atoms with Gasteiger partial charge >= 0.3 is 0 Å². The second-order valence-electron chi connectivity index (χ2n) is 8.19. The number of nitrogens with one attached hydrogen (secondary N) is 1. The summed E-state index contributed by atoms with van der Waals surface area (Å²) in [6, 6.07) is 4.33. The number of anilines is 1. The highest BCUT2D eigenvalue weighted by molar-refractivity contribution is 7.89. The first-order valence-corrected chi connectivity index (χ1v) is 12.5. The largest absolute Gasteiger partial charge is 0.352 e. The third-order valence-corrected chi connectivity index (χ3v) is 8.27. The molecule has 0 bridgehead atoms. The van der Waals surface area contributed by atoms with Gasteiger partial charge in [-0.1, -0.05) is 39.5 Å². The number of hydrogen-bond donors (Lipinski definition) is 1. The molecular weight excluding hydrogens is 402 g/mol. The molecule has 2 aliphatic rings. The first-order chi connectivity index (χ1) is 14.3. The summed E-state index contributed by atoms with van der Waals surface area (Å²) in [7, 11) is -3.60. The Morgan fingerprint density at radius 1 is 1.10 bits per heavy atom. The van der Waals surface area contributed by atoms with Gasteiger partial charge in [-0.2, -0.15) is 4.31 Å². The van der Waals surface area contributed by atoms with E-state index in [1.807, 2.05) is 0 Å². The number of rotatable bonds is 6. The van der Waals surface area contributed by atoms with Crippen LogP contribution in [0.4, 0.5) is 5.69 Å². The summed E-state index contributed by atoms with van der Waals surface area (Å²) in [5, 5.41) is 3.14. The third-order valence-electron chi connectivity index (χ3n) is 6.22. The van der Waals surface area contributed by atoms with Crippen LogP contribution in [0.5, 0.6) is 0 Å². The number of nitrogens with zero attached hydrogens (tertiary/aromatic N) is 2. The van der Waals surface area contributed by atoms with Gasteiger partial charge in [0.05, 0.1) is 4.90 Å². The Morgan fingerprint density at radius 3 is 2.30 bits per heavy atom. The minimum absolute atomic E-state index is 0.149. The van der Waals surface area contributed by atoms with Crippen molar-refractivity contribution in [3.63, 3.8) is 0 Å². The van der Waals surface area contributed by atoms with Gasteiger partial charge in [0.1, 0.15) is 6.04 Å². The zero-order valence-electron chi connectivity index (χ0n) is 18.2. The summed E-state index contributed by atoms with van der Waals surface area (Å²) < 4.78 is 27.2. The van der Waals surface area contributed by atoms with Crippen LogP contribution in [0.25, 0.3) is 0 Å². The summed E-state index contributed by atoms with van der Waals surface area (Å²) in [5.74, 6) is -0.365. The standard InChI is InChI=1S/C22H33N3O4S/c1-4-24(5-2)30(28,29)19-12-13-20-17(14-19)15-21(25(20)16(3)26)22(27)23-18-10-8-6-7-9-11-18/h12-14,18,21H,4-11,15H2,1-3H3,(H,23,27)/t21-/m0/s1. The molecule has 1 aromatic carbocycles. The van der Waals surface area contributed by atoms with Gasteiger partial charge in [0.15, 0.2) is 0 Å². The molecule has 1 aliphatic heterocycles. The Balaban J connectivity index is 1.85. The van der Waals surface area contributed by atoms with E-state index < -0.39 is 16.1 Å². The van der Waals surface area contributed by atoms with Crippen LogP contribution in [0.15, 0.2) is 23.1 Å². The van der Waals surface area contributed by atoms with Crippen molar-refractivity contribution in [2.45, 2.75) is 82.7 Å². The molecule has 1 N–H and O–H groups in total. The Kier molecular flexibility index (Phi) is 7.18. The molecule has 1 aromatic rings. The van der Waals surface area contributed by atoms with Crippen molar-refractivity contribution in [2.24, 2.45) is 0 Å². The van der Waals surface area contributed by atoms with E-state index >= 15 is 0 Å². The maximum Gasteiger partial charge on any atom is 0.243 e. The van der Waals surface area contributed by atoms with E-state index in [-0.39, 0.29) is 22.8 Å². The van der Waals surface area contributed by atoms with Crippen molar-refractivity contribution in [1.29, 1.82) is 0 Å². The minimum Gasteiger partial charge on any atom is -0.352 e. The number of amides is 2. The number of carbonyl (C=O) groups excluding carboxylic acids is 2. The van der Waals surface area contributed by atoms with Crippen LogP contribution >= 0.6 is 0 Å². The molecule has 0 aromatic heterocycles. The van der Waals surface area contributed by atoms with E-state index in [0.717, 1.165) is 31.2 Å². The molecule has 0 radical (unpaired) electrons. The summed E-state index contributed by atoms with van der Waals surface area (Å²) in [4.78, 5) is 27.1. The lowest BCUT2D eigenvalue weighted by Crippen LogP contribution is -2.50. The van der Waals surface area contributed by atoms with E-state index in [1.165, 1.54) is 35.0 Å². The first kappa shape index (κ1) is 22.7. The van der Waals surface area contributed by atoms with Crippen molar-refractivity contribution < 1.29 is 18.0 Å². The van der Waals surface area contributed by atoms with Crippen molar-refractivity contribution in [2.75, 3.05) is 18.0 Å². The normalized spacial score (nSPS) is 20.1. The molecule has 0 saturated heterocycles. The molecule has 30 heavy (non-hydrogen) atoms. The molecule has 1 aliphatic carbocycles. The molecule has 1 saturated carbocycles. The number of sulfonamides is 1. The molecular formula is C22H33N3O4S. The van der Waals surface area contributed by atoms with Crippen LogP contribution < -0.4 is 10.2 Å².